The average Bonchev–Trinajstić information content (AvgIpc) is 3.06. The number of aliphatic hydroxyl groups is 1. The monoisotopic (exact) mass is 353 g/mol. The van der Waals surface area contributed by atoms with Crippen LogP contribution in [0.5, 0.6) is 11.5 Å². The molecule has 0 bridgehead atoms. The minimum absolute atomic E-state index is 0.118. The van der Waals surface area contributed by atoms with Gasteiger partial charge < -0.3 is 14.6 Å². The van der Waals surface area contributed by atoms with Gasteiger partial charge in [-0.1, -0.05) is 15.9 Å². The number of hydrogen-bond acceptors (Lipinski definition) is 4. The van der Waals surface area contributed by atoms with Gasteiger partial charge in [-0.3, -0.25) is 4.90 Å². The number of nitrogens with zero attached hydrogens (tertiary/aromatic N) is 1. The first-order chi connectivity index (χ1) is 10.2. The first-order valence-corrected chi connectivity index (χ1v) is 8.50. The summed E-state index contributed by atoms with van der Waals surface area (Å²) in [5.41, 5.74) is 1.24. The van der Waals surface area contributed by atoms with Crippen molar-refractivity contribution in [2.45, 2.75) is 44.4 Å². The van der Waals surface area contributed by atoms with E-state index in [1.807, 2.05) is 6.07 Å². The summed E-state index contributed by atoms with van der Waals surface area (Å²) in [5, 5.41) is 9.95. The van der Waals surface area contributed by atoms with Crippen LogP contribution in [-0.2, 0) is 6.54 Å². The topological polar surface area (TPSA) is 41.9 Å². The zero-order valence-electron chi connectivity index (χ0n) is 11.9. The predicted octanol–water partition coefficient (Wildman–Crippen LogP) is 2.91. The van der Waals surface area contributed by atoms with Crippen molar-refractivity contribution in [2.75, 3.05) is 13.3 Å². The molecule has 1 N–H and O–H groups in total. The van der Waals surface area contributed by atoms with Crippen LogP contribution >= 0.6 is 15.9 Å². The molecule has 3 unspecified atom stereocenters. The van der Waals surface area contributed by atoms with E-state index in [1.54, 1.807) is 0 Å². The zero-order chi connectivity index (χ0) is 14.4. The molecule has 0 aromatic heterocycles. The van der Waals surface area contributed by atoms with E-state index in [-0.39, 0.29) is 6.10 Å². The summed E-state index contributed by atoms with van der Waals surface area (Å²) in [4.78, 5) is 2.52. The van der Waals surface area contributed by atoms with E-state index in [0.29, 0.717) is 12.8 Å². The van der Waals surface area contributed by atoms with Crippen LogP contribution in [0.25, 0.3) is 0 Å². The zero-order valence-corrected chi connectivity index (χ0v) is 13.5. The maximum Gasteiger partial charge on any atom is 0.231 e. The van der Waals surface area contributed by atoms with E-state index in [4.69, 9.17) is 9.47 Å². The fraction of sp³-hybridized carbons (Fsp3) is 0.625. The second kappa shape index (κ2) is 5.45. The van der Waals surface area contributed by atoms with Crippen LogP contribution in [0, 0.1) is 5.92 Å². The molecule has 1 aromatic rings. The van der Waals surface area contributed by atoms with Gasteiger partial charge >= 0.3 is 0 Å². The highest BCUT2D eigenvalue weighted by atomic mass is 79.9. The molecule has 4 rings (SSSR count). The lowest BCUT2D eigenvalue weighted by Crippen LogP contribution is -2.38. The molecule has 21 heavy (non-hydrogen) atoms. The summed E-state index contributed by atoms with van der Waals surface area (Å²) in [6, 6.07) is 4.62. The maximum absolute atomic E-state index is 9.95. The van der Waals surface area contributed by atoms with Crippen molar-refractivity contribution in [2.24, 2.45) is 5.92 Å². The number of likely N-dealkylation sites (tertiary alicyclic amines) is 1. The molecule has 1 saturated carbocycles. The van der Waals surface area contributed by atoms with Crippen LogP contribution in [0.4, 0.5) is 0 Å². The highest BCUT2D eigenvalue weighted by molar-refractivity contribution is 9.10. The summed E-state index contributed by atoms with van der Waals surface area (Å²) in [6.45, 7) is 2.35. The van der Waals surface area contributed by atoms with Crippen molar-refractivity contribution in [3.05, 3.63) is 22.2 Å². The molecule has 1 aromatic carbocycles. The quantitative estimate of drug-likeness (QED) is 0.887. The number of rotatable bonds is 2. The van der Waals surface area contributed by atoms with Crippen molar-refractivity contribution in [1.29, 1.82) is 0 Å². The molecule has 114 valence electrons. The smallest absolute Gasteiger partial charge is 0.231 e. The minimum atomic E-state index is -0.118. The van der Waals surface area contributed by atoms with E-state index >= 15 is 0 Å². The lowest BCUT2D eigenvalue weighted by Gasteiger charge is -2.34. The molecule has 0 spiro atoms. The van der Waals surface area contributed by atoms with Crippen LogP contribution in [-0.4, -0.2) is 35.5 Å². The lowest BCUT2D eigenvalue weighted by molar-refractivity contribution is 0.0610. The van der Waals surface area contributed by atoms with Crippen LogP contribution in [0.2, 0.25) is 0 Å². The second-order valence-electron chi connectivity index (χ2n) is 6.35. The summed E-state index contributed by atoms with van der Waals surface area (Å²) in [6.07, 6.45) is 4.21. The third-order valence-corrected chi connectivity index (χ3v) is 5.84. The third-order valence-electron chi connectivity index (χ3n) is 5.10. The van der Waals surface area contributed by atoms with Crippen molar-refractivity contribution in [1.82, 2.24) is 4.90 Å². The van der Waals surface area contributed by atoms with E-state index in [1.165, 1.54) is 18.4 Å². The molecule has 3 atom stereocenters. The van der Waals surface area contributed by atoms with E-state index in [2.05, 4.69) is 26.9 Å². The van der Waals surface area contributed by atoms with Crippen LogP contribution in [0.3, 0.4) is 0 Å². The van der Waals surface area contributed by atoms with Crippen LogP contribution in [0.1, 0.15) is 31.2 Å². The van der Waals surface area contributed by atoms with Gasteiger partial charge in [0.1, 0.15) is 0 Å². The lowest BCUT2D eigenvalue weighted by atomic mass is 9.83. The summed E-state index contributed by atoms with van der Waals surface area (Å²) in [5.74, 6) is 2.42. The molecule has 2 aliphatic heterocycles. The van der Waals surface area contributed by atoms with Crippen molar-refractivity contribution in [3.8, 4) is 11.5 Å². The number of hydrogen-bond donors (Lipinski definition) is 1. The molecule has 5 heteroatoms. The van der Waals surface area contributed by atoms with Crippen molar-refractivity contribution in [3.63, 3.8) is 0 Å². The molecule has 1 aliphatic carbocycles. The van der Waals surface area contributed by atoms with Gasteiger partial charge in [-0.15, -0.1) is 0 Å². The molecule has 1 saturated heterocycles. The van der Waals surface area contributed by atoms with E-state index in [9.17, 15) is 5.11 Å². The van der Waals surface area contributed by atoms with Gasteiger partial charge in [-0.2, -0.15) is 0 Å². The van der Waals surface area contributed by atoms with Gasteiger partial charge in [0.15, 0.2) is 11.5 Å². The highest BCUT2D eigenvalue weighted by Crippen LogP contribution is 2.40. The van der Waals surface area contributed by atoms with Gasteiger partial charge in [-0.25, -0.2) is 0 Å². The second-order valence-corrected chi connectivity index (χ2v) is 7.20. The largest absolute Gasteiger partial charge is 0.454 e. The molecular weight excluding hydrogens is 334 g/mol. The first-order valence-electron chi connectivity index (χ1n) is 7.71. The molecule has 2 heterocycles. The summed E-state index contributed by atoms with van der Waals surface area (Å²) >= 11 is 3.65. The normalized spacial score (nSPS) is 31.4. The Kier molecular flexibility index (Phi) is 3.59. The molecule has 3 aliphatic rings. The molecular formula is C16H20BrNO3. The van der Waals surface area contributed by atoms with Gasteiger partial charge in [0.05, 0.1) is 6.10 Å². The number of fused-ring (bicyclic) bond motifs is 2. The Morgan fingerprint density at radius 3 is 2.86 bits per heavy atom. The Balaban J connectivity index is 1.53. The van der Waals surface area contributed by atoms with Crippen molar-refractivity contribution < 1.29 is 14.6 Å². The van der Waals surface area contributed by atoms with Gasteiger partial charge in [0.2, 0.25) is 6.79 Å². The van der Waals surface area contributed by atoms with Gasteiger partial charge in [0, 0.05) is 17.1 Å². The average molecular weight is 354 g/mol. The van der Waals surface area contributed by atoms with Gasteiger partial charge in [0.25, 0.3) is 0 Å². The first kappa shape index (κ1) is 13.9. The third kappa shape index (κ3) is 2.56. The van der Waals surface area contributed by atoms with Crippen LogP contribution in [0.15, 0.2) is 16.6 Å². The number of aliphatic hydroxyl groups excluding tert-OH is 1. The van der Waals surface area contributed by atoms with E-state index in [0.717, 1.165) is 47.8 Å². The fourth-order valence-electron chi connectivity index (χ4n) is 3.96. The standard InChI is InChI=1S/C16H20BrNO3/c17-13-7-16-15(20-9-21-16)5-11(13)8-18-4-3-10-1-2-12(19)6-14(10)18/h5,7,10,12,14,19H,1-4,6,8-9H2. The maximum atomic E-state index is 9.95. The minimum Gasteiger partial charge on any atom is -0.454 e. The Morgan fingerprint density at radius 2 is 2.00 bits per heavy atom. The number of benzene rings is 1. The number of halogens is 1. The predicted molar refractivity (Wildman–Crippen MR) is 82.4 cm³/mol. The van der Waals surface area contributed by atoms with Crippen molar-refractivity contribution >= 4 is 15.9 Å². The molecule has 0 amide bonds. The SMILES string of the molecule is OC1CCC2CCN(Cc3cc4c(cc3Br)OCO4)C2C1. The molecule has 0 radical (unpaired) electrons. The highest BCUT2D eigenvalue weighted by Gasteiger charge is 2.38. The summed E-state index contributed by atoms with van der Waals surface area (Å²) < 4.78 is 12.0. The Labute approximate surface area is 133 Å². The molecule has 2 fully saturated rings. The Bertz CT molecular complexity index is 551. The summed E-state index contributed by atoms with van der Waals surface area (Å²) in [7, 11) is 0. The molecule has 4 nitrogen and oxygen atoms in total. The Hall–Kier alpha value is -0.780. The fourth-order valence-corrected chi connectivity index (χ4v) is 4.41. The van der Waals surface area contributed by atoms with E-state index < -0.39 is 0 Å². The van der Waals surface area contributed by atoms with Crippen LogP contribution < -0.4 is 9.47 Å². The number of ether oxygens (including phenoxy) is 2. The Morgan fingerprint density at radius 1 is 1.19 bits per heavy atom. The van der Waals surface area contributed by atoms with Gasteiger partial charge in [-0.05, 0) is 55.8 Å².